The molecule has 1 aromatic rings. The van der Waals surface area contributed by atoms with E-state index in [-0.39, 0.29) is 11.8 Å². The number of thiophene rings is 1. The Balaban J connectivity index is 2.11. The van der Waals surface area contributed by atoms with Crippen molar-refractivity contribution >= 4 is 45.9 Å². The van der Waals surface area contributed by atoms with E-state index in [0.717, 1.165) is 33.3 Å². The maximum atomic E-state index is 12.1. The molecule has 0 aliphatic carbocycles. The SMILES string of the molecule is O=C1c2csc(Cl)c2CN2C(=S)CCC12. The predicted octanol–water partition coefficient (Wildman–Crippen LogP) is 2.89. The van der Waals surface area contributed by atoms with Gasteiger partial charge in [0.25, 0.3) is 0 Å². The van der Waals surface area contributed by atoms with Crippen LogP contribution in [0.3, 0.4) is 0 Å². The summed E-state index contributed by atoms with van der Waals surface area (Å²) < 4.78 is 0.728. The molecule has 15 heavy (non-hydrogen) atoms. The molecule has 0 saturated carbocycles. The lowest BCUT2D eigenvalue weighted by atomic mass is 9.97. The predicted molar refractivity (Wildman–Crippen MR) is 64.8 cm³/mol. The molecule has 0 radical (unpaired) electrons. The fourth-order valence-electron chi connectivity index (χ4n) is 2.27. The molecule has 2 aliphatic rings. The van der Waals surface area contributed by atoms with Crippen LogP contribution >= 0.6 is 35.2 Å². The van der Waals surface area contributed by atoms with Crippen LogP contribution in [0.5, 0.6) is 0 Å². The summed E-state index contributed by atoms with van der Waals surface area (Å²) in [5, 5.41) is 1.87. The van der Waals surface area contributed by atoms with E-state index in [0.29, 0.717) is 6.54 Å². The standard InChI is InChI=1S/C10H8ClNOS2/c11-10-5-3-12-7(1-2-8(12)14)9(13)6(5)4-15-10/h4,7H,1-3H2. The molecule has 0 bridgehead atoms. The number of fused-ring (bicyclic) bond motifs is 2. The van der Waals surface area contributed by atoms with E-state index in [1.54, 1.807) is 0 Å². The summed E-state index contributed by atoms with van der Waals surface area (Å²) in [6, 6.07) is -0.0179. The zero-order valence-corrected chi connectivity index (χ0v) is 10.2. The zero-order valence-electron chi connectivity index (χ0n) is 7.83. The lowest BCUT2D eigenvalue weighted by Crippen LogP contribution is -2.41. The zero-order chi connectivity index (χ0) is 10.6. The molecule has 1 unspecified atom stereocenters. The molecular formula is C10H8ClNOS2. The first-order valence-corrected chi connectivity index (χ1v) is 6.44. The molecule has 1 atom stereocenters. The maximum absolute atomic E-state index is 12.1. The topological polar surface area (TPSA) is 20.3 Å². The van der Waals surface area contributed by atoms with E-state index in [9.17, 15) is 4.79 Å². The van der Waals surface area contributed by atoms with Gasteiger partial charge in [-0.2, -0.15) is 0 Å². The van der Waals surface area contributed by atoms with Gasteiger partial charge in [0.2, 0.25) is 0 Å². The van der Waals surface area contributed by atoms with Crippen molar-refractivity contribution < 1.29 is 4.79 Å². The molecule has 3 heterocycles. The number of carbonyl (C=O) groups is 1. The summed E-state index contributed by atoms with van der Waals surface area (Å²) in [5.41, 5.74) is 1.78. The molecule has 3 rings (SSSR count). The van der Waals surface area contributed by atoms with Crippen molar-refractivity contribution in [1.29, 1.82) is 0 Å². The minimum atomic E-state index is -0.0179. The summed E-state index contributed by atoms with van der Waals surface area (Å²) in [5.74, 6) is 0.194. The highest BCUT2D eigenvalue weighted by molar-refractivity contribution is 7.80. The number of rotatable bonds is 0. The van der Waals surface area contributed by atoms with E-state index in [1.807, 2.05) is 10.3 Å². The van der Waals surface area contributed by atoms with Crippen LogP contribution in [0, 0.1) is 0 Å². The van der Waals surface area contributed by atoms with Crippen LogP contribution in [-0.2, 0) is 6.54 Å². The van der Waals surface area contributed by atoms with Crippen molar-refractivity contribution in [2.24, 2.45) is 0 Å². The largest absolute Gasteiger partial charge is 0.351 e. The fraction of sp³-hybridized carbons (Fsp3) is 0.400. The Labute approximate surface area is 102 Å². The van der Waals surface area contributed by atoms with Crippen molar-refractivity contribution in [3.8, 4) is 0 Å². The third-order valence-electron chi connectivity index (χ3n) is 3.07. The Hall–Kier alpha value is -0.450. The van der Waals surface area contributed by atoms with Crippen LogP contribution in [-0.4, -0.2) is 21.7 Å². The van der Waals surface area contributed by atoms with Gasteiger partial charge in [-0.1, -0.05) is 23.8 Å². The quantitative estimate of drug-likeness (QED) is 0.667. The highest BCUT2D eigenvalue weighted by Crippen LogP contribution is 2.37. The minimum Gasteiger partial charge on any atom is -0.351 e. The Morgan fingerprint density at radius 2 is 2.40 bits per heavy atom. The molecule has 1 fully saturated rings. The van der Waals surface area contributed by atoms with Gasteiger partial charge in [0.05, 0.1) is 15.4 Å². The molecule has 2 aliphatic heterocycles. The number of hydrogen-bond acceptors (Lipinski definition) is 3. The van der Waals surface area contributed by atoms with E-state index < -0.39 is 0 Å². The van der Waals surface area contributed by atoms with E-state index in [2.05, 4.69) is 0 Å². The maximum Gasteiger partial charge on any atom is 0.186 e. The van der Waals surface area contributed by atoms with Crippen LogP contribution in [0.1, 0.15) is 28.8 Å². The first-order chi connectivity index (χ1) is 7.18. The Bertz CT molecular complexity index is 468. The normalized spacial score (nSPS) is 24.3. The lowest BCUT2D eigenvalue weighted by Gasteiger charge is -2.30. The second-order valence-corrected chi connectivity index (χ2v) is 5.79. The highest BCUT2D eigenvalue weighted by Gasteiger charge is 2.40. The van der Waals surface area contributed by atoms with Gasteiger partial charge in [0.1, 0.15) is 0 Å². The Kier molecular flexibility index (Phi) is 2.13. The molecule has 0 aromatic carbocycles. The number of ketones is 1. The van der Waals surface area contributed by atoms with Crippen molar-refractivity contribution in [1.82, 2.24) is 4.90 Å². The first-order valence-electron chi connectivity index (χ1n) is 4.78. The summed E-state index contributed by atoms with van der Waals surface area (Å²) >= 11 is 12.7. The smallest absolute Gasteiger partial charge is 0.186 e. The average Bonchev–Trinajstić information content (AvgIpc) is 2.75. The number of thiocarbonyl (C=S) groups is 1. The number of nitrogens with zero attached hydrogens (tertiary/aromatic N) is 1. The summed E-state index contributed by atoms with van der Waals surface area (Å²) in [7, 11) is 0. The van der Waals surface area contributed by atoms with E-state index in [1.165, 1.54) is 11.3 Å². The van der Waals surface area contributed by atoms with Gasteiger partial charge in [-0.15, -0.1) is 11.3 Å². The van der Waals surface area contributed by atoms with E-state index >= 15 is 0 Å². The van der Waals surface area contributed by atoms with Crippen molar-refractivity contribution in [3.63, 3.8) is 0 Å². The summed E-state index contributed by atoms with van der Waals surface area (Å²) in [6.07, 6.45) is 1.72. The molecule has 2 nitrogen and oxygen atoms in total. The van der Waals surface area contributed by atoms with Crippen LogP contribution < -0.4 is 0 Å². The summed E-state index contributed by atoms with van der Waals surface area (Å²) in [6.45, 7) is 0.715. The summed E-state index contributed by atoms with van der Waals surface area (Å²) in [4.78, 5) is 15.0. The molecule has 0 spiro atoms. The second kappa shape index (κ2) is 3.27. The first kappa shape index (κ1) is 9.75. The van der Waals surface area contributed by atoms with Gasteiger partial charge in [-0.3, -0.25) is 4.79 Å². The van der Waals surface area contributed by atoms with Crippen LogP contribution in [0.2, 0.25) is 4.34 Å². The number of halogens is 1. The van der Waals surface area contributed by atoms with Gasteiger partial charge in [0, 0.05) is 29.5 Å². The van der Waals surface area contributed by atoms with Crippen LogP contribution in [0.15, 0.2) is 5.38 Å². The van der Waals surface area contributed by atoms with Gasteiger partial charge < -0.3 is 4.90 Å². The molecule has 5 heteroatoms. The lowest BCUT2D eigenvalue weighted by molar-refractivity contribution is 0.0876. The Morgan fingerprint density at radius 1 is 1.60 bits per heavy atom. The molecule has 1 saturated heterocycles. The van der Waals surface area contributed by atoms with E-state index in [4.69, 9.17) is 23.8 Å². The molecule has 1 aromatic heterocycles. The highest BCUT2D eigenvalue weighted by atomic mass is 35.5. The average molecular weight is 258 g/mol. The number of Topliss-reactive ketones (excluding diaryl/α,β-unsaturated/α-hetero) is 1. The van der Waals surface area contributed by atoms with Crippen molar-refractivity contribution in [3.05, 3.63) is 20.8 Å². The third kappa shape index (κ3) is 1.28. The van der Waals surface area contributed by atoms with Crippen molar-refractivity contribution in [2.75, 3.05) is 0 Å². The number of carbonyl (C=O) groups excluding carboxylic acids is 1. The monoisotopic (exact) mass is 257 g/mol. The molecular weight excluding hydrogens is 250 g/mol. The van der Waals surface area contributed by atoms with Gasteiger partial charge in [-0.25, -0.2) is 0 Å². The fourth-order valence-corrected chi connectivity index (χ4v) is 3.67. The molecule has 0 N–H and O–H groups in total. The van der Waals surface area contributed by atoms with Crippen molar-refractivity contribution in [2.45, 2.75) is 25.4 Å². The Morgan fingerprint density at radius 3 is 3.20 bits per heavy atom. The van der Waals surface area contributed by atoms with Gasteiger partial charge in [0.15, 0.2) is 5.78 Å². The minimum absolute atomic E-state index is 0.0179. The molecule has 0 amide bonds. The van der Waals surface area contributed by atoms with Crippen LogP contribution in [0.4, 0.5) is 0 Å². The molecule has 78 valence electrons. The van der Waals surface area contributed by atoms with Crippen LogP contribution in [0.25, 0.3) is 0 Å². The van der Waals surface area contributed by atoms with Gasteiger partial charge >= 0.3 is 0 Å². The van der Waals surface area contributed by atoms with Gasteiger partial charge in [-0.05, 0) is 6.42 Å². The second-order valence-electron chi connectivity index (χ2n) is 3.84. The third-order valence-corrected chi connectivity index (χ3v) is 4.81. The number of hydrogen-bond donors (Lipinski definition) is 0.